The molecule has 0 aromatic heterocycles. The second-order valence-electron chi connectivity index (χ2n) is 13.4. The third kappa shape index (κ3) is 63.1. The predicted molar refractivity (Wildman–Crippen MR) is 209 cm³/mol. The van der Waals surface area contributed by atoms with Gasteiger partial charge in [-0.1, -0.05) is 206 Å². The summed E-state index contributed by atoms with van der Waals surface area (Å²) in [5.74, 6) is -1.87. The molecule has 0 amide bonds. The van der Waals surface area contributed by atoms with Gasteiger partial charge in [-0.05, 0) is 27.7 Å². The first-order valence-electron chi connectivity index (χ1n) is 20.1. The molecule has 0 heterocycles. The molecular weight excluding hydrogens is 600 g/mol. The molecule has 0 aliphatic heterocycles. The van der Waals surface area contributed by atoms with Crippen LogP contribution >= 0.6 is 0 Å². The number of carbonyl (C=O) groups is 2. The van der Waals surface area contributed by atoms with E-state index in [0.717, 1.165) is 0 Å². The summed E-state index contributed by atoms with van der Waals surface area (Å²) in [6.45, 7) is 13.1. The van der Waals surface area contributed by atoms with Gasteiger partial charge in [-0.3, -0.25) is 0 Å². The summed E-state index contributed by atoms with van der Waals surface area (Å²) in [6.07, 6.45) is 45.0. The summed E-state index contributed by atoms with van der Waals surface area (Å²) in [5.41, 5.74) is 0.352. The van der Waals surface area contributed by atoms with Crippen molar-refractivity contribution in [3.05, 3.63) is 24.3 Å². The highest BCUT2D eigenvalue weighted by Gasteiger charge is 1.98. The van der Waals surface area contributed by atoms with E-state index in [-0.39, 0.29) is 24.4 Å². The van der Waals surface area contributed by atoms with Crippen molar-refractivity contribution in [1.82, 2.24) is 0 Å². The van der Waals surface area contributed by atoms with Crippen LogP contribution in [-0.4, -0.2) is 45.6 Å². The van der Waals surface area contributed by atoms with E-state index < -0.39 is 11.9 Å². The van der Waals surface area contributed by atoms with E-state index in [9.17, 15) is 9.59 Å². The fourth-order valence-electron chi connectivity index (χ4n) is 5.30. The van der Waals surface area contributed by atoms with E-state index >= 15 is 0 Å². The second kappa shape index (κ2) is 49.7. The first-order valence-corrected chi connectivity index (χ1v) is 20.1. The van der Waals surface area contributed by atoms with Gasteiger partial charge in [0.1, 0.15) is 0 Å². The van der Waals surface area contributed by atoms with Crippen LogP contribution in [0.25, 0.3) is 0 Å². The number of hydrogen-bond donors (Lipinski definition) is 4. The summed E-state index contributed by atoms with van der Waals surface area (Å²) in [7, 11) is 0. The van der Waals surface area contributed by atoms with Gasteiger partial charge in [0.05, 0.1) is 0 Å². The number of rotatable bonds is 2. The lowest BCUT2D eigenvalue weighted by atomic mass is 10.0. The summed E-state index contributed by atoms with van der Waals surface area (Å²) in [5, 5.41) is 30.9. The second-order valence-corrected chi connectivity index (χ2v) is 13.4. The van der Waals surface area contributed by atoms with Crippen molar-refractivity contribution in [3.63, 3.8) is 0 Å². The molecule has 0 unspecified atom stereocenters. The minimum atomic E-state index is -0.935. The Morgan fingerprint density at radius 2 is 0.396 bits per heavy atom. The molecule has 3 saturated carbocycles. The van der Waals surface area contributed by atoms with E-state index in [1.807, 2.05) is 0 Å². The highest BCUT2D eigenvalue weighted by molar-refractivity contribution is 5.85. The van der Waals surface area contributed by atoms with Gasteiger partial charge < -0.3 is 20.4 Å². The van der Waals surface area contributed by atoms with Crippen LogP contribution in [0.4, 0.5) is 0 Å². The molecule has 288 valence electrons. The van der Waals surface area contributed by atoms with Gasteiger partial charge in [0.15, 0.2) is 0 Å². The molecule has 4 N–H and O–H groups in total. The van der Waals surface area contributed by atoms with Crippen LogP contribution in [0.15, 0.2) is 24.3 Å². The van der Waals surface area contributed by atoms with E-state index in [1.54, 1.807) is 13.8 Å². The lowest BCUT2D eigenvalue weighted by molar-refractivity contribution is -0.133. The molecule has 6 nitrogen and oxygen atoms in total. The number of hydrogen-bond acceptors (Lipinski definition) is 4. The Balaban J connectivity index is -0.000000246. The smallest absolute Gasteiger partial charge is 0.330 e. The third-order valence-corrected chi connectivity index (χ3v) is 8.23. The van der Waals surface area contributed by atoms with Crippen LogP contribution in [0.5, 0.6) is 0 Å². The first kappa shape index (κ1) is 53.1. The molecule has 0 aromatic rings. The van der Waals surface area contributed by atoms with Crippen LogP contribution in [0, 0.1) is 0 Å². The lowest BCUT2D eigenvalue weighted by Gasteiger charge is -2.05. The van der Waals surface area contributed by atoms with Crippen molar-refractivity contribution < 1.29 is 30.0 Å². The van der Waals surface area contributed by atoms with Crippen molar-refractivity contribution >= 4 is 11.9 Å². The highest BCUT2D eigenvalue weighted by Crippen LogP contribution is 2.17. The summed E-state index contributed by atoms with van der Waals surface area (Å²) in [6, 6.07) is 0. The van der Waals surface area contributed by atoms with E-state index in [4.69, 9.17) is 20.4 Å². The average Bonchev–Trinajstić information content (AvgIpc) is 3.07. The molecule has 0 aromatic carbocycles. The molecule has 3 aliphatic rings. The molecule has 3 aliphatic carbocycles. The third-order valence-electron chi connectivity index (χ3n) is 8.23. The number of aliphatic carboxylic acids is 2. The van der Waals surface area contributed by atoms with Gasteiger partial charge in [-0.15, -0.1) is 0 Å². The summed E-state index contributed by atoms with van der Waals surface area (Å²) >= 11 is 0. The SMILES string of the molecule is C1CCCCCCCCC1.C1CCCCCCCCC1.C1CCCCCCCCC1.C=C(C)C(=O)O.C=C(C)C(=O)O.CCO.CCO. The largest absolute Gasteiger partial charge is 0.478 e. The maximum atomic E-state index is 9.60. The monoisotopic (exact) mass is 685 g/mol. The van der Waals surface area contributed by atoms with Crippen molar-refractivity contribution in [2.75, 3.05) is 13.2 Å². The van der Waals surface area contributed by atoms with E-state index in [0.29, 0.717) is 0 Å². The maximum Gasteiger partial charge on any atom is 0.330 e. The number of aliphatic hydroxyl groups is 2. The van der Waals surface area contributed by atoms with Crippen molar-refractivity contribution in [1.29, 1.82) is 0 Å². The quantitative estimate of drug-likeness (QED) is 0.215. The molecule has 0 saturated heterocycles. The average molecular weight is 685 g/mol. The molecule has 3 fully saturated rings. The fourth-order valence-corrected chi connectivity index (χ4v) is 5.30. The standard InChI is InChI=1S/3C10H20.2C4H6O2.2C2H6O/c3*1-2-4-6-8-10-9-7-5-3-1;2*1-3(2)4(5)6;2*1-2-3/h3*1-10H2;2*1H2,2H3,(H,5,6);2*3H,2H2,1H3. The minimum absolute atomic E-state index is 0.176. The summed E-state index contributed by atoms with van der Waals surface area (Å²) in [4.78, 5) is 19.2. The number of aliphatic hydroxyl groups excluding tert-OH is 2. The minimum Gasteiger partial charge on any atom is -0.478 e. The van der Waals surface area contributed by atoms with Gasteiger partial charge in [0.25, 0.3) is 0 Å². The Labute approximate surface area is 299 Å². The number of carboxylic acids is 2. The number of carboxylic acid groups (broad SMARTS) is 2. The topological polar surface area (TPSA) is 115 Å². The Hall–Kier alpha value is -1.66. The zero-order valence-corrected chi connectivity index (χ0v) is 32.6. The molecule has 0 radical (unpaired) electrons. The molecule has 0 bridgehead atoms. The molecule has 48 heavy (non-hydrogen) atoms. The molecule has 6 heteroatoms. The Kier molecular flexibility index (Phi) is 55.0. The van der Waals surface area contributed by atoms with Crippen molar-refractivity contribution in [2.24, 2.45) is 0 Å². The highest BCUT2D eigenvalue weighted by atomic mass is 16.4. The molecule has 0 spiro atoms. The predicted octanol–water partition coefficient (Wildman–Crippen LogP) is 13.0. The Morgan fingerprint density at radius 3 is 0.417 bits per heavy atom. The van der Waals surface area contributed by atoms with E-state index in [2.05, 4.69) is 13.2 Å². The van der Waals surface area contributed by atoms with Crippen LogP contribution in [0.1, 0.15) is 220 Å². The van der Waals surface area contributed by atoms with E-state index in [1.165, 1.54) is 206 Å². The zero-order chi connectivity index (χ0) is 36.9. The van der Waals surface area contributed by atoms with Gasteiger partial charge in [0, 0.05) is 24.4 Å². The van der Waals surface area contributed by atoms with Crippen molar-refractivity contribution in [2.45, 2.75) is 220 Å². The van der Waals surface area contributed by atoms with Crippen LogP contribution in [0.3, 0.4) is 0 Å². The lowest BCUT2D eigenvalue weighted by Crippen LogP contribution is -1.92. The molecule has 0 atom stereocenters. The summed E-state index contributed by atoms with van der Waals surface area (Å²) < 4.78 is 0. The maximum absolute atomic E-state index is 9.60. The zero-order valence-electron chi connectivity index (χ0n) is 32.6. The molecule has 3 rings (SSSR count). The van der Waals surface area contributed by atoms with Gasteiger partial charge >= 0.3 is 11.9 Å². The van der Waals surface area contributed by atoms with Gasteiger partial charge in [-0.2, -0.15) is 0 Å². The normalized spacial score (nSPS) is 17.6. The van der Waals surface area contributed by atoms with Crippen LogP contribution in [-0.2, 0) is 9.59 Å². The van der Waals surface area contributed by atoms with Gasteiger partial charge in [0.2, 0.25) is 0 Å². The Bertz CT molecular complexity index is 463. The van der Waals surface area contributed by atoms with Gasteiger partial charge in [-0.25, -0.2) is 9.59 Å². The fraction of sp³-hybridized carbons (Fsp3) is 0.857. The van der Waals surface area contributed by atoms with Crippen molar-refractivity contribution in [3.8, 4) is 0 Å². The molecular formula is C42H84O6. The van der Waals surface area contributed by atoms with Crippen LogP contribution in [0.2, 0.25) is 0 Å². The van der Waals surface area contributed by atoms with Crippen LogP contribution < -0.4 is 0 Å². The first-order chi connectivity index (χ1) is 23.1. The Morgan fingerprint density at radius 1 is 0.354 bits per heavy atom.